The van der Waals surface area contributed by atoms with Crippen LogP contribution in [0.5, 0.6) is 23.0 Å². The highest BCUT2D eigenvalue weighted by molar-refractivity contribution is 7.80. The summed E-state index contributed by atoms with van der Waals surface area (Å²) in [5.74, 6) is 1.58. The van der Waals surface area contributed by atoms with Crippen molar-refractivity contribution in [1.29, 1.82) is 0 Å². The molecule has 1 saturated heterocycles. The van der Waals surface area contributed by atoms with Crippen LogP contribution < -0.4 is 30.0 Å². The summed E-state index contributed by atoms with van der Waals surface area (Å²) in [7, 11) is -4.40. The number of rotatable bonds is 20. The number of carbonyl (C=O) groups excluding carboxylic acids is 1. The predicted octanol–water partition coefficient (Wildman–Crippen LogP) is 15.2. The molecule has 7 rings (SSSR count). The first kappa shape index (κ1) is 67.5. The molecule has 0 unspecified atom stereocenters. The number of nitrogens with zero attached hydrogens (tertiary/aromatic N) is 3. The lowest BCUT2D eigenvalue weighted by Gasteiger charge is -2.33. The van der Waals surface area contributed by atoms with E-state index in [4.69, 9.17) is 65.9 Å². The summed E-state index contributed by atoms with van der Waals surface area (Å²) in [5, 5.41) is 17.9. The number of nitrogens with two attached hydrogens (primary N) is 1. The fraction of sp³-hybridized carbons (Fsp3) is 0.396. The van der Waals surface area contributed by atoms with Crippen LogP contribution in [0.3, 0.4) is 0 Å². The van der Waals surface area contributed by atoms with Crippen molar-refractivity contribution < 1.29 is 60.3 Å². The Balaban J connectivity index is 0.000000272. The number of carboxylic acids is 1. The molecule has 0 aliphatic carbocycles. The maximum atomic E-state index is 12.4. The van der Waals surface area contributed by atoms with E-state index in [2.05, 4.69) is 41.0 Å². The summed E-state index contributed by atoms with van der Waals surface area (Å²) in [6, 6.07) is 25.3. The Kier molecular flexibility index (Phi) is 29.7. The molecule has 78 heavy (non-hydrogen) atoms. The summed E-state index contributed by atoms with van der Waals surface area (Å²) < 4.78 is 72.7. The third-order valence-electron chi connectivity index (χ3n) is 10.7. The van der Waals surface area contributed by atoms with Gasteiger partial charge in [0, 0.05) is 44.1 Å². The van der Waals surface area contributed by atoms with E-state index in [-0.39, 0.29) is 37.2 Å². The highest BCUT2D eigenvalue weighted by Crippen LogP contribution is 2.82. The molecular weight excluding hydrogens is 1140 g/mol. The van der Waals surface area contributed by atoms with E-state index in [1.165, 1.54) is 42.3 Å². The number of hydrogen-bond acceptors (Lipinski definition) is 18. The number of thiazole rings is 2. The van der Waals surface area contributed by atoms with E-state index in [0.717, 1.165) is 33.3 Å². The van der Waals surface area contributed by atoms with Crippen LogP contribution in [0.15, 0.2) is 95.7 Å². The second kappa shape index (κ2) is 34.4. The van der Waals surface area contributed by atoms with E-state index in [9.17, 15) is 23.3 Å². The van der Waals surface area contributed by atoms with Crippen molar-refractivity contribution in [1.82, 2.24) is 14.9 Å². The van der Waals surface area contributed by atoms with Crippen LogP contribution in [0.4, 0.5) is 11.4 Å². The van der Waals surface area contributed by atoms with E-state index >= 15 is 0 Å². The average molecular weight is 1220 g/mol. The topological polar surface area (TPSA) is 237 Å². The van der Waals surface area contributed by atoms with Crippen molar-refractivity contribution in [2.24, 2.45) is 0 Å². The first-order valence-electron chi connectivity index (χ1n) is 24.9. The number of halogens is 2. The largest absolute Gasteiger partial charge is 0.497 e. The van der Waals surface area contributed by atoms with Gasteiger partial charge in [-0.1, -0.05) is 89.0 Å². The fourth-order valence-corrected chi connectivity index (χ4v) is 18.0. The molecule has 1 aliphatic rings. The van der Waals surface area contributed by atoms with Crippen LogP contribution in [0.1, 0.15) is 70.8 Å². The molecule has 0 spiro atoms. The third kappa shape index (κ3) is 23.1. The Morgan fingerprint density at radius 3 is 1.35 bits per heavy atom. The number of hydrogen-bond donors (Lipinski definition) is 3. The van der Waals surface area contributed by atoms with Crippen LogP contribution in [0.2, 0.25) is 10.0 Å². The van der Waals surface area contributed by atoms with Crippen LogP contribution in [-0.4, -0.2) is 98.4 Å². The maximum Gasteiger partial charge on any atom is 0.345 e. The third-order valence-corrected chi connectivity index (χ3v) is 21.9. The molecule has 0 atom stereocenters. The molecule has 6 aromatic rings. The first-order valence-corrected chi connectivity index (χ1v) is 32.6. The summed E-state index contributed by atoms with van der Waals surface area (Å²) in [6.07, 6.45) is 2.09. The number of nitrogen functional groups attached to an aromatic ring is 1. The summed E-state index contributed by atoms with van der Waals surface area (Å²) in [6.45, 7) is 15.5. The van der Waals surface area contributed by atoms with E-state index < -0.39 is 28.8 Å². The van der Waals surface area contributed by atoms with Gasteiger partial charge in [-0.05, 0) is 87.4 Å². The SMILES string of the molecule is CCCP1(=O)OP(=O)(CCC)OP(=O)(CCC)O1.CCN(CC)CC.COc1ccc(OC)c(N)c1.COc1ccc(OC)c(NC(=O)Cc2nc(-c3ccc(Cl)cc3)cs2)c1.O=C(O)Cc1nc(-c2ccc(Cl)cc2)cs1. The standard InChI is InChI=1S/C19H17ClN2O3S.C11H8ClNO2S.C9H21O6P3.C8H11NO2.C6H15N/c1-24-14-7-8-17(25-2)15(9-14)21-18(23)10-19-22-16(11-26-19)12-3-5-13(20)6-4-12;12-8-3-1-7(2-4-8)9-6-16-10(13-9)5-11(14)15;1-4-7-16(10)13-17(11,8-5-2)15-18(12,14-16)9-6-3;1-10-6-3-4-8(11-2)7(9)5-6;1-4-7(5-2)6-3/h3-9,11H,10H2,1-2H3,(H,21,23);1-4,6H,5H2,(H,14,15);4-9H2,1-3H3;3-5H,9H2,1-2H3;4-6H2,1-3H3. The minimum Gasteiger partial charge on any atom is -0.497 e. The minimum atomic E-state index is -3.57. The second-order valence-electron chi connectivity index (χ2n) is 16.6. The predicted molar refractivity (Wildman–Crippen MR) is 317 cm³/mol. The average Bonchev–Trinajstić information content (AvgIpc) is 4.15. The van der Waals surface area contributed by atoms with Gasteiger partial charge in [0.05, 0.1) is 82.5 Å². The zero-order chi connectivity index (χ0) is 57.9. The number of aromatic nitrogens is 2. The molecule has 1 fully saturated rings. The number of methoxy groups -OCH3 is 4. The first-order chi connectivity index (χ1) is 37.2. The van der Waals surface area contributed by atoms with Gasteiger partial charge in [0.15, 0.2) is 0 Å². The molecular formula is C53H72Cl2N5O13P3S2. The fourth-order valence-electron chi connectivity index (χ4n) is 6.85. The van der Waals surface area contributed by atoms with Crippen molar-refractivity contribution in [2.45, 2.75) is 73.6 Å². The second-order valence-corrected chi connectivity index (χ2v) is 26.3. The Bertz CT molecular complexity index is 2840. The smallest absolute Gasteiger partial charge is 0.345 e. The lowest BCUT2D eigenvalue weighted by Crippen LogP contribution is -2.21. The lowest BCUT2D eigenvalue weighted by molar-refractivity contribution is -0.136. The highest BCUT2D eigenvalue weighted by Gasteiger charge is 2.51. The number of anilines is 2. The zero-order valence-electron chi connectivity index (χ0n) is 45.7. The monoisotopic (exact) mass is 1210 g/mol. The summed E-state index contributed by atoms with van der Waals surface area (Å²) >= 11 is 14.5. The number of amides is 1. The summed E-state index contributed by atoms with van der Waals surface area (Å²) in [5.41, 5.74) is 10.3. The number of benzene rings is 4. The Labute approximate surface area is 476 Å². The van der Waals surface area contributed by atoms with Gasteiger partial charge in [0.2, 0.25) is 5.91 Å². The molecule has 4 N–H and O–H groups in total. The van der Waals surface area contributed by atoms with E-state index in [0.29, 0.717) is 62.9 Å². The van der Waals surface area contributed by atoms with Gasteiger partial charge in [0.25, 0.3) is 0 Å². The summed E-state index contributed by atoms with van der Waals surface area (Å²) in [4.78, 5) is 34.0. The van der Waals surface area contributed by atoms with E-state index in [1.54, 1.807) is 97.7 Å². The molecule has 18 nitrogen and oxygen atoms in total. The van der Waals surface area contributed by atoms with E-state index in [1.807, 2.05) is 47.2 Å². The molecule has 0 bridgehead atoms. The quantitative estimate of drug-likeness (QED) is 0.0476. The molecule has 4 aromatic carbocycles. The molecule has 1 amide bonds. The van der Waals surface area contributed by atoms with Crippen LogP contribution in [-0.2, 0) is 49.1 Å². The van der Waals surface area contributed by atoms with Crippen LogP contribution >= 0.6 is 68.7 Å². The zero-order valence-corrected chi connectivity index (χ0v) is 51.5. The van der Waals surface area contributed by atoms with Gasteiger partial charge in [-0.2, -0.15) is 0 Å². The highest BCUT2D eigenvalue weighted by atomic mass is 35.5. The molecule has 428 valence electrons. The van der Waals surface area contributed by atoms with Gasteiger partial charge in [-0.25, -0.2) is 22.9 Å². The van der Waals surface area contributed by atoms with Gasteiger partial charge < -0.3 is 40.0 Å². The van der Waals surface area contributed by atoms with Crippen molar-refractivity contribution in [3.8, 4) is 45.5 Å². The molecule has 25 heteroatoms. The number of aliphatic carboxylic acids is 1. The minimum absolute atomic E-state index is 0.0295. The normalized spacial score (nSPS) is 17.2. The molecule has 1 aliphatic heterocycles. The molecule has 3 heterocycles. The van der Waals surface area contributed by atoms with Crippen LogP contribution in [0, 0.1) is 0 Å². The number of carbonyl (C=O) groups is 2. The molecule has 0 radical (unpaired) electrons. The Morgan fingerprint density at radius 2 is 1.00 bits per heavy atom. The van der Waals surface area contributed by atoms with Crippen molar-refractivity contribution in [2.75, 3.05) is 77.6 Å². The van der Waals surface area contributed by atoms with Crippen molar-refractivity contribution in [3.63, 3.8) is 0 Å². The van der Waals surface area contributed by atoms with Crippen molar-refractivity contribution >= 4 is 91.9 Å². The van der Waals surface area contributed by atoms with Gasteiger partial charge in [-0.15, -0.1) is 22.7 Å². The van der Waals surface area contributed by atoms with Gasteiger partial charge in [0.1, 0.15) is 33.0 Å². The van der Waals surface area contributed by atoms with Crippen molar-refractivity contribution in [3.05, 3.63) is 116 Å². The number of nitrogens with one attached hydrogen (secondary N) is 1. The van der Waals surface area contributed by atoms with Crippen LogP contribution in [0.25, 0.3) is 22.5 Å². The van der Waals surface area contributed by atoms with Gasteiger partial charge >= 0.3 is 28.8 Å². The Hall–Kier alpha value is -4.81. The molecule has 0 saturated carbocycles. The Morgan fingerprint density at radius 1 is 0.603 bits per heavy atom. The molecule has 2 aromatic heterocycles. The maximum absolute atomic E-state index is 12.4. The number of carboxylic acid groups (broad SMARTS) is 1. The van der Waals surface area contributed by atoms with Gasteiger partial charge in [-0.3, -0.25) is 23.3 Å². The lowest BCUT2D eigenvalue weighted by atomic mass is 10.2. The number of ether oxygens (including phenoxy) is 4.